The van der Waals surface area contributed by atoms with Gasteiger partial charge in [-0.05, 0) is 24.6 Å². The summed E-state index contributed by atoms with van der Waals surface area (Å²) in [5.74, 6) is 0. The predicted octanol–water partition coefficient (Wildman–Crippen LogP) is 4.01. The van der Waals surface area contributed by atoms with E-state index in [0.717, 1.165) is 6.07 Å². The van der Waals surface area contributed by atoms with E-state index in [1.165, 1.54) is 6.07 Å². The van der Waals surface area contributed by atoms with Crippen molar-refractivity contribution in [3.8, 4) is 0 Å². The normalized spacial score (nSPS) is 22.2. The molecule has 1 N–H and O–H groups in total. The van der Waals surface area contributed by atoms with Crippen molar-refractivity contribution in [3.05, 3.63) is 41.1 Å². The first-order valence-electron chi connectivity index (χ1n) is 7.48. The Morgan fingerprint density at radius 3 is 2.36 bits per heavy atom. The van der Waals surface area contributed by atoms with Gasteiger partial charge in [0.05, 0.1) is 17.2 Å². The summed E-state index contributed by atoms with van der Waals surface area (Å²) in [6, 6.07) is 3.83. The molecule has 0 bridgehead atoms. The maximum absolute atomic E-state index is 13.2. The molecule has 2 aromatic rings. The zero-order valence-corrected chi connectivity index (χ0v) is 13.0. The number of halogens is 6. The Morgan fingerprint density at radius 2 is 1.84 bits per heavy atom. The van der Waals surface area contributed by atoms with Gasteiger partial charge >= 0.3 is 12.4 Å². The fourth-order valence-electron chi connectivity index (χ4n) is 2.79. The second-order valence-corrected chi connectivity index (χ2v) is 6.11. The second kappa shape index (κ2) is 5.84. The number of benzene rings is 1. The number of hydrogen-bond donors (Lipinski definition) is 1. The van der Waals surface area contributed by atoms with Gasteiger partial charge in [0.1, 0.15) is 5.69 Å². The van der Waals surface area contributed by atoms with Crippen LogP contribution in [0.5, 0.6) is 0 Å². The average Bonchev–Trinajstić information content (AvgIpc) is 3.18. The van der Waals surface area contributed by atoms with Crippen LogP contribution >= 0.6 is 0 Å². The van der Waals surface area contributed by atoms with E-state index in [2.05, 4.69) is 4.98 Å². The highest BCUT2D eigenvalue weighted by Gasteiger charge is 2.38. The smallest absolute Gasteiger partial charge is 0.387 e. The van der Waals surface area contributed by atoms with Crippen LogP contribution in [0.2, 0.25) is 0 Å². The first kappa shape index (κ1) is 17.9. The van der Waals surface area contributed by atoms with Gasteiger partial charge in [-0.1, -0.05) is 12.1 Å². The van der Waals surface area contributed by atoms with E-state index in [4.69, 9.17) is 0 Å². The standard InChI is InChI=1S/C16H14F6N2O/c1-8-6-24(8)7-12(25)10-5-13(16(20,21)22)23-14-9(10)3-2-4-11(14)15(17,18)19/h2-5,8,12,25H,6-7H2,1H3. The highest BCUT2D eigenvalue weighted by molar-refractivity contribution is 5.86. The van der Waals surface area contributed by atoms with Gasteiger partial charge in [0.15, 0.2) is 0 Å². The van der Waals surface area contributed by atoms with Gasteiger partial charge < -0.3 is 5.11 Å². The molecule has 0 spiro atoms. The van der Waals surface area contributed by atoms with E-state index in [1.807, 2.05) is 6.92 Å². The SMILES string of the molecule is CC1CN1CC(O)c1cc(C(F)(F)F)nc2c(C(F)(F)F)cccc12. The molecule has 3 unspecified atom stereocenters. The topological polar surface area (TPSA) is 36.1 Å². The number of hydrogen-bond acceptors (Lipinski definition) is 3. The molecule has 0 aliphatic carbocycles. The Morgan fingerprint density at radius 1 is 1.20 bits per heavy atom. The molecule has 3 nitrogen and oxygen atoms in total. The zero-order valence-electron chi connectivity index (χ0n) is 13.0. The number of β-amino-alcohol motifs (C(OH)–C–C–N with tert-alkyl or cyclic N) is 1. The number of nitrogens with zero attached hydrogens (tertiary/aromatic N) is 2. The average molecular weight is 364 g/mol. The Kier molecular flexibility index (Phi) is 4.19. The fraction of sp³-hybridized carbons (Fsp3) is 0.438. The molecule has 1 fully saturated rings. The van der Waals surface area contributed by atoms with Crippen LogP contribution in [0.25, 0.3) is 10.9 Å². The van der Waals surface area contributed by atoms with Crippen LogP contribution < -0.4 is 0 Å². The maximum Gasteiger partial charge on any atom is 0.433 e. The number of rotatable bonds is 3. The van der Waals surface area contributed by atoms with Gasteiger partial charge in [0.25, 0.3) is 0 Å². The lowest BCUT2D eigenvalue weighted by atomic mass is 9.99. The van der Waals surface area contributed by atoms with Crippen molar-refractivity contribution in [2.45, 2.75) is 31.4 Å². The Hall–Kier alpha value is -1.87. The van der Waals surface area contributed by atoms with E-state index < -0.39 is 35.2 Å². The minimum atomic E-state index is -4.92. The Labute approximate surface area is 138 Å². The van der Waals surface area contributed by atoms with Crippen LogP contribution in [0.4, 0.5) is 26.3 Å². The second-order valence-electron chi connectivity index (χ2n) is 6.11. The minimum absolute atomic E-state index is 0.0494. The monoisotopic (exact) mass is 364 g/mol. The highest BCUT2D eigenvalue weighted by atomic mass is 19.4. The molecule has 1 aliphatic heterocycles. The molecule has 136 valence electrons. The number of alkyl halides is 6. The lowest BCUT2D eigenvalue weighted by molar-refractivity contribution is -0.142. The summed E-state index contributed by atoms with van der Waals surface area (Å²) < 4.78 is 78.7. The molecule has 0 radical (unpaired) electrons. The van der Waals surface area contributed by atoms with E-state index >= 15 is 0 Å². The van der Waals surface area contributed by atoms with Gasteiger partial charge in [-0.15, -0.1) is 0 Å². The molecule has 2 heterocycles. The van der Waals surface area contributed by atoms with Crippen molar-refractivity contribution in [3.63, 3.8) is 0 Å². The van der Waals surface area contributed by atoms with Crippen LogP contribution in [0.1, 0.15) is 29.8 Å². The third-order valence-corrected chi connectivity index (χ3v) is 4.22. The quantitative estimate of drug-likeness (QED) is 0.660. The molecule has 1 aromatic heterocycles. The number of pyridine rings is 1. The van der Waals surface area contributed by atoms with Crippen molar-refractivity contribution in [2.75, 3.05) is 13.1 Å². The number of aliphatic hydroxyl groups is 1. The summed E-state index contributed by atoms with van der Waals surface area (Å²) in [6.07, 6.45) is -11.1. The minimum Gasteiger partial charge on any atom is -0.387 e. The molecule has 25 heavy (non-hydrogen) atoms. The van der Waals surface area contributed by atoms with E-state index in [0.29, 0.717) is 18.7 Å². The summed E-state index contributed by atoms with van der Waals surface area (Å²) in [5.41, 5.74) is -3.73. The summed E-state index contributed by atoms with van der Waals surface area (Å²) in [7, 11) is 0. The number of fused-ring (bicyclic) bond motifs is 1. The summed E-state index contributed by atoms with van der Waals surface area (Å²) in [6.45, 7) is 2.61. The molecule has 3 rings (SSSR count). The van der Waals surface area contributed by atoms with Crippen molar-refractivity contribution in [2.24, 2.45) is 0 Å². The van der Waals surface area contributed by atoms with Crippen molar-refractivity contribution < 1.29 is 31.4 Å². The third-order valence-electron chi connectivity index (χ3n) is 4.22. The van der Waals surface area contributed by atoms with Gasteiger partial charge in [-0.3, -0.25) is 4.90 Å². The summed E-state index contributed by atoms with van der Waals surface area (Å²) in [4.78, 5) is 5.00. The van der Waals surface area contributed by atoms with E-state index in [1.54, 1.807) is 4.90 Å². The molecule has 1 aromatic carbocycles. The lowest BCUT2D eigenvalue weighted by Crippen LogP contribution is -2.17. The summed E-state index contributed by atoms with van der Waals surface area (Å²) in [5, 5.41) is 10.2. The van der Waals surface area contributed by atoms with Crippen LogP contribution in [0, 0.1) is 0 Å². The predicted molar refractivity (Wildman–Crippen MR) is 77.7 cm³/mol. The largest absolute Gasteiger partial charge is 0.433 e. The zero-order chi connectivity index (χ0) is 18.6. The molecule has 3 atom stereocenters. The third kappa shape index (κ3) is 3.57. The van der Waals surface area contributed by atoms with Crippen LogP contribution in [0.15, 0.2) is 24.3 Å². The van der Waals surface area contributed by atoms with E-state index in [-0.39, 0.29) is 23.5 Å². The molecule has 9 heteroatoms. The first-order chi connectivity index (χ1) is 11.5. The van der Waals surface area contributed by atoms with E-state index in [9.17, 15) is 31.4 Å². The Balaban J connectivity index is 2.20. The molecule has 0 amide bonds. The van der Waals surface area contributed by atoms with Gasteiger partial charge in [-0.2, -0.15) is 26.3 Å². The Bertz CT molecular complexity index is 802. The molecule has 1 aliphatic rings. The van der Waals surface area contributed by atoms with Crippen LogP contribution in [-0.2, 0) is 12.4 Å². The van der Waals surface area contributed by atoms with Crippen LogP contribution in [-0.4, -0.2) is 34.1 Å². The first-order valence-corrected chi connectivity index (χ1v) is 7.48. The van der Waals surface area contributed by atoms with Gasteiger partial charge in [0, 0.05) is 24.5 Å². The lowest BCUT2D eigenvalue weighted by Gasteiger charge is -2.19. The molecular formula is C16H14F6N2O. The van der Waals surface area contributed by atoms with Crippen LogP contribution in [0.3, 0.4) is 0 Å². The van der Waals surface area contributed by atoms with Gasteiger partial charge in [-0.25, -0.2) is 4.98 Å². The van der Waals surface area contributed by atoms with Crippen molar-refractivity contribution in [1.29, 1.82) is 0 Å². The molecule has 0 saturated carbocycles. The van der Waals surface area contributed by atoms with Crippen molar-refractivity contribution >= 4 is 10.9 Å². The van der Waals surface area contributed by atoms with Crippen molar-refractivity contribution in [1.82, 2.24) is 9.88 Å². The summed E-state index contributed by atoms with van der Waals surface area (Å²) >= 11 is 0. The molecular weight excluding hydrogens is 350 g/mol. The number of aromatic nitrogens is 1. The number of aliphatic hydroxyl groups excluding tert-OH is 1. The highest BCUT2D eigenvalue weighted by Crippen LogP contribution is 2.39. The van der Waals surface area contributed by atoms with Gasteiger partial charge in [0.2, 0.25) is 0 Å². The number of para-hydroxylation sites is 1. The molecule has 1 saturated heterocycles. The fourth-order valence-corrected chi connectivity index (χ4v) is 2.79. The maximum atomic E-state index is 13.2.